The summed E-state index contributed by atoms with van der Waals surface area (Å²) in [6.07, 6.45) is 2.09. The molecule has 3 aromatic rings. The summed E-state index contributed by atoms with van der Waals surface area (Å²) < 4.78 is 1.97. The normalized spacial score (nSPS) is 14.2. The number of aromatic nitrogens is 3. The fourth-order valence-electron chi connectivity index (χ4n) is 3.40. The van der Waals surface area contributed by atoms with Crippen molar-refractivity contribution in [1.82, 2.24) is 24.8 Å². The molecule has 0 aliphatic carbocycles. The minimum absolute atomic E-state index is 0.0137. The van der Waals surface area contributed by atoms with Crippen LogP contribution >= 0.6 is 11.8 Å². The topological polar surface area (TPSA) is 79.6 Å². The Morgan fingerprint density at radius 3 is 2.78 bits per heavy atom. The highest BCUT2D eigenvalue weighted by molar-refractivity contribution is 7.99. The second-order valence-electron chi connectivity index (χ2n) is 6.67. The van der Waals surface area contributed by atoms with Gasteiger partial charge in [0.2, 0.25) is 11.8 Å². The van der Waals surface area contributed by atoms with Crippen molar-refractivity contribution in [2.75, 3.05) is 25.4 Å². The average molecular weight is 383 g/mol. The number of para-hydroxylation sites is 1. The van der Waals surface area contributed by atoms with Crippen LogP contribution in [0.4, 0.5) is 0 Å². The quantitative estimate of drug-likeness (QED) is 0.682. The minimum Gasteiger partial charge on any atom is -0.346 e. The van der Waals surface area contributed by atoms with Crippen molar-refractivity contribution in [1.29, 1.82) is 0 Å². The number of nitrogens with one attached hydrogen (secondary N) is 1. The van der Waals surface area contributed by atoms with Crippen LogP contribution in [0.1, 0.15) is 18.4 Å². The lowest BCUT2D eigenvalue weighted by Crippen LogP contribution is -2.39. The van der Waals surface area contributed by atoms with Crippen molar-refractivity contribution in [3.63, 3.8) is 0 Å². The highest BCUT2D eigenvalue weighted by Crippen LogP contribution is 2.25. The second kappa shape index (κ2) is 7.56. The van der Waals surface area contributed by atoms with Crippen molar-refractivity contribution >= 4 is 40.1 Å². The summed E-state index contributed by atoms with van der Waals surface area (Å²) in [5.74, 6) is -0.00280. The molecule has 2 amide bonds. The Hall–Kier alpha value is -2.61. The number of thioether (sulfide) groups is 1. The van der Waals surface area contributed by atoms with Gasteiger partial charge in [-0.1, -0.05) is 30.0 Å². The van der Waals surface area contributed by atoms with Crippen LogP contribution in [0.3, 0.4) is 0 Å². The summed E-state index contributed by atoms with van der Waals surface area (Å²) in [6, 6.07) is 10.1. The molecule has 1 saturated heterocycles. The molecule has 27 heavy (non-hydrogen) atoms. The molecule has 0 spiro atoms. The fourth-order valence-corrected chi connectivity index (χ4v) is 4.18. The third-order valence-electron chi connectivity index (χ3n) is 4.80. The Morgan fingerprint density at radius 2 is 1.96 bits per heavy atom. The third-order valence-corrected chi connectivity index (χ3v) is 5.73. The number of nitrogens with zero attached hydrogens (tertiary/aromatic N) is 4. The number of carbonyl (C=O) groups is 2. The summed E-state index contributed by atoms with van der Waals surface area (Å²) in [4.78, 5) is 26.0. The van der Waals surface area contributed by atoms with Gasteiger partial charge in [0.05, 0.1) is 17.8 Å². The van der Waals surface area contributed by atoms with Gasteiger partial charge in [-0.2, -0.15) is 0 Å². The summed E-state index contributed by atoms with van der Waals surface area (Å²) in [7, 11) is 0. The van der Waals surface area contributed by atoms with Gasteiger partial charge in [-0.15, -0.1) is 10.2 Å². The molecular weight excluding hydrogens is 362 g/mol. The van der Waals surface area contributed by atoms with Crippen molar-refractivity contribution in [3.05, 3.63) is 35.9 Å². The summed E-state index contributed by atoms with van der Waals surface area (Å²) >= 11 is 1.32. The molecule has 0 atom stereocenters. The average Bonchev–Trinajstić information content (AvgIpc) is 3.35. The Kier molecular flexibility index (Phi) is 4.98. The van der Waals surface area contributed by atoms with Crippen LogP contribution in [0, 0.1) is 6.92 Å². The molecule has 1 fully saturated rings. The molecule has 3 heterocycles. The van der Waals surface area contributed by atoms with Gasteiger partial charge in [0, 0.05) is 18.5 Å². The second-order valence-corrected chi connectivity index (χ2v) is 7.62. The summed E-state index contributed by atoms with van der Waals surface area (Å²) in [6.45, 7) is 3.69. The van der Waals surface area contributed by atoms with Gasteiger partial charge in [0.15, 0.2) is 10.8 Å². The maximum absolute atomic E-state index is 12.2. The zero-order chi connectivity index (χ0) is 18.8. The Balaban J connectivity index is 1.44. The molecule has 140 valence electrons. The monoisotopic (exact) mass is 383 g/mol. The molecule has 0 saturated carbocycles. The molecule has 0 radical (unpaired) electrons. The number of fused-ring (bicyclic) bond motifs is 3. The first-order chi connectivity index (χ1) is 13.1. The van der Waals surface area contributed by atoms with E-state index in [0.717, 1.165) is 48.0 Å². The highest BCUT2D eigenvalue weighted by Gasteiger charge is 2.18. The van der Waals surface area contributed by atoms with Crippen molar-refractivity contribution in [3.8, 4) is 0 Å². The number of rotatable bonds is 5. The van der Waals surface area contributed by atoms with Crippen LogP contribution in [0.25, 0.3) is 16.6 Å². The van der Waals surface area contributed by atoms with Crippen LogP contribution in [0.2, 0.25) is 0 Å². The van der Waals surface area contributed by atoms with Gasteiger partial charge >= 0.3 is 0 Å². The number of benzene rings is 1. The van der Waals surface area contributed by atoms with Gasteiger partial charge in [0.1, 0.15) is 0 Å². The Labute approximate surface area is 161 Å². The molecular formula is C19H21N5O2S. The maximum atomic E-state index is 12.2. The van der Waals surface area contributed by atoms with E-state index in [-0.39, 0.29) is 24.1 Å². The minimum atomic E-state index is -0.180. The molecule has 1 N–H and O–H groups in total. The Bertz CT molecular complexity index is 1010. The summed E-state index contributed by atoms with van der Waals surface area (Å²) in [5.41, 5.74) is 2.92. The molecule has 4 rings (SSSR count). The third kappa shape index (κ3) is 3.62. The van der Waals surface area contributed by atoms with E-state index in [1.165, 1.54) is 11.8 Å². The van der Waals surface area contributed by atoms with Gasteiger partial charge in [-0.3, -0.25) is 14.0 Å². The van der Waals surface area contributed by atoms with E-state index < -0.39 is 0 Å². The van der Waals surface area contributed by atoms with E-state index in [1.807, 2.05) is 28.7 Å². The van der Waals surface area contributed by atoms with Crippen LogP contribution in [0.15, 0.2) is 35.5 Å². The van der Waals surface area contributed by atoms with Gasteiger partial charge < -0.3 is 10.2 Å². The molecule has 1 aromatic carbocycles. The van der Waals surface area contributed by atoms with Gasteiger partial charge in [0.25, 0.3) is 0 Å². The molecule has 1 aliphatic heterocycles. The number of likely N-dealkylation sites (tertiary alicyclic amines) is 1. The number of pyridine rings is 1. The molecule has 0 unspecified atom stereocenters. The Morgan fingerprint density at radius 1 is 1.19 bits per heavy atom. The molecule has 2 aromatic heterocycles. The number of hydrogen-bond donors (Lipinski definition) is 1. The van der Waals surface area contributed by atoms with E-state index >= 15 is 0 Å². The van der Waals surface area contributed by atoms with E-state index in [4.69, 9.17) is 0 Å². The van der Waals surface area contributed by atoms with Crippen LogP contribution in [0.5, 0.6) is 0 Å². The standard InChI is InChI=1S/C19H21N5O2S/c1-13-10-16-21-22-19(24(16)15-7-3-2-6-14(13)15)27-12-17(25)20-11-18(26)23-8-4-5-9-23/h2-3,6-7,10H,4-5,8-9,11-12H2,1H3,(H,20,25). The molecule has 1 aliphatic rings. The SMILES string of the molecule is Cc1cc2nnc(SCC(=O)NCC(=O)N3CCCC3)n2c2ccccc12. The number of hydrogen-bond acceptors (Lipinski definition) is 5. The summed E-state index contributed by atoms with van der Waals surface area (Å²) in [5, 5.41) is 13.0. The first-order valence-electron chi connectivity index (χ1n) is 9.04. The fraction of sp³-hybridized carbons (Fsp3) is 0.368. The van der Waals surface area contributed by atoms with Gasteiger partial charge in [-0.25, -0.2) is 0 Å². The highest BCUT2D eigenvalue weighted by atomic mass is 32.2. The smallest absolute Gasteiger partial charge is 0.241 e. The maximum Gasteiger partial charge on any atom is 0.241 e. The van der Waals surface area contributed by atoms with E-state index in [2.05, 4.69) is 28.5 Å². The number of carbonyl (C=O) groups excluding carboxylic acids is 2. The first-order valence-corrected chi connectivity index (χ1v) is 10.0. The number of amides is 2. The molecule has 0 bridgehead atoms. The molecule has 8 heteroatoms. The number of aryl methyl sites for hydroxylation is 1. The van der Waals surface area contributed by atoms with E-state index in [1.54, 1.807) is 4.90 Å². The predicted octanol–water partition coefficient (Wildman–Crippen LogP) is 2.02. The zero-order valence-electron chi connectivity index (χ0n) is 15.1. The lowest BCUT2D eigenvalue weighted by molar-refractivity contribution is -0.131. The lowest BCUT2D eigenvalue weighted by Gasteiger charge is -2.15. The van der Waals surface area contributed by atoms with Crippen LogP contribution < -0.4 is 5.32 Å². The molecule has 7 nitrogen and oxygen atoms in total. The van der Waals surface area contributed by atoms with E-state index in [9.17, 15) is 9.59 Å². The van der Waals surface area contributed by atoms with Crippen LogP contribution in [-0.4, -0.2) is 56.7 Å². The predicted molar refractivity (Wildman–Crippen MR) is 105 cm³/mol. The van der Waals surface area contributed by atoms with Crippen molar-refractivity contribution in [2.45, 2.75) is 24.9 Å². The zero-order valence-corrected chi connectivity index (χ0v) is 16.0. The first kappa shape index (κ1) is 17.8. The lowest BCUT2D eigenvalue weighted by atomic mass is 10.1. The van der Waals surface area contributed by atoms with Crippen molar-refractivity contribution in [2.24, 2.45) is 0 Å². The largest absolute Gasteiger partial charge is 0.346 e. The van der Waals surface area contributed by atoms with Gasteiger partial charge in [-0.05, 0) is 37.5 Å². The van der Waals surface area contributed by atoms with Crippen LogP contribution in [-0.2, 0) is 9.59 Å². The van der Waals surface area contributed by atoms with E-state index in [0.29, 0.717) is 5.16 Å². The van der Waals surface area contributed by atoms with Crippen molar-refractivity contribution < 1.29 is 9.59 Å².